The molecule has 0 bridgehead atoms. The van der Waals surface area contributed by atoms with Gasteiger partial charge in [-0.25, -0.2) is 13.2 Å². The quantitative estimate of drug-likeness (QED) is 0.565. The Hall–Kier alpha value is -1.71. The highest BCUT2D eigenvalue weighted by Crippen LogP contribution is 2.29. The molecule has 0 N–H and O–H groups in total. The van der Waals surface area contributed by atoms with Crippen molar-refractivity contribution >= 4 is 43.9 Å². The fourth-order valence-corrected chi connectivity index (χ4v) is 6.61. The van der Waals surface area contributed by atoms with Gasteiger partial charge in [-0.3, -0.25) is 4.90 Å². The van der Waals surface area contributed by atoms with Crippen LogP contribution in [0.4, 0.5) is 0 Å². The summed E-state index contributed by atoms with van der Waals surface area (Å²) in [4.78, 5) is 14.2. The molecule has 2 aromatic heterocycles. The molecule has 0 amide bonds. The Morgan fingerprint density at radius 2 is 1.76 bits per heavy atom. The zero-order chi connectivity index (χ0) is 20.8. The Balaban J connectivity index is 1.52. The Kier molecular flexibility index (Phi) is 5.56. The summed E-state index contributed by atoms with van der Waals surface area (Å²) in [6.45, 7) is 6.57. The van der Waals surface area contributed by atoms with E-state index in [0.717, 1.165) is 33.4 Å². The van der Waals surface area contributed by atoms with Gasteiger partial charge in [0.05, 0.1) is 4.34 Å². The van der Waals surface area contributed by atoms with E-state index in [0.29, 0.717) is 42.6 Å². The summed E-state index contributed by atoms with van der Waals surface area (Å²) in [5.74, 6) is 0. The first-order valence-electron chi connectivity index (χ1n) is 9.26. The summed E-state index contributed by atoms with van der Waals surface area (Å²) in [6.07, 6.45) is 0. The largest absolute Gasteiger partial charge is 0.423 e. The second-order valence-corrected chi connectivity index (χ2v) is 11.1. The van der Waals surface area contributed by atoms with Gasteiger partial charge in [-0.05, 0) is 54.8 Å². The van der Waals surface area contributed by atoms with Gasteiger partial charge in [0.25, 0.3) is 10.0 Å². The highest BCUT2D eigenvalue weighted by Gasteiger charge is 2.29. The Labute approximate surface area is 178 Å². The van der Waals surface area contributed by atoms with Crippen LogP contribution in [0.15, 0.2) is 43.8 Å². The maximum atomic E-state index is 12.8. The molecule has 0 unspecified atom stereocenters. The van der Waals surface area contributed by atoms with Crippen LogP contribution in [0.3, 0.4) is 0 Å². The van der Waals surface area contributed by atoms with Crippen molar-refractivity contribution < 1.29 is 12.8 Å². The molecule has 0 spiro atoms. The van der Waals surface area contributed by atoms with Crippen molar-refractivity contribution in [3.8, 4) is 0 Å². The van der Waals surface area contributed by atoms with Crippen molar-refractivity contribution in [1.82, 2.24) is 9.21 Å². The SMILES string of the molecule is Cc1cc2oc(=O)cc(CN3CCN(S(=O)(=O)c4ccc(Cl)s4)CC3)c2cc1C. The van der Waals surface area contributed by atoms with E-state index in [1.54, 1.807) is 12.1 Å². The molecule has 1 aliphatic rings. The zero-order valence-corrected chi connectivity index (χ0v) is 18.5. The molecular formula is C20H21ClN2O4S2. The number of hydrogen-bond acceptors (Lipinski definition) is 6. The van der Waals surface area contributed by atoms with Crippen LogP contribution in [-0.2, 0) is 16.6 Å². The smallest absolute Gasteiger partial charge is 0.336 e. The van der Waals surface area contributed by atoms with E-state index in [1.807, 2.05) is 26.0 Å². The Bertz CT molecular complexity index is 1220. The van der Waals surface area contributed by atoms with Gasteiger partial charge in [-0.2, -0.15) is 4.31 Å². The van der Waals surface area contributed by atoms with Crippen LogP contribution in [0, 0.1) is 13.8 Å². The van der Waals surface area contributed by atoms with Crippen LogP contribution in [-0.4, -0.2) is 43.8 Å². The molecule has 1 aromatic carbocycles. The van der Waals surface area contributed by atoms with Gasteiger partial charge in [0, 0.05) is 44.2 Å². The lowest BCUT2D eigenvalue weighted by Gasteiger charge is -2.33. The van der Waals surface area contributed by atoms with E-state index in [2.05, 4.69) is 4.90 Å². The average Bonchev–Trinajstić information content (AvgIpc) is 3.11. The number of halogens is 1. The minimum absolute atomic E-state index is 0.272. The Morgan fingerprint density at radius 1 is 1.07 bits per heavy atom. The van der Waals surface area contributed by atoms with Crippen molar-refractivity contribution in [1.29, 1.82) is 0 Å². The topological polar surface area (TPSA) is 70.8 Å². The molecule has 0 saturated carbocycles. The van der Waals surface area contributed by atoms with Crippen LogP contribution in [0.25, 0.3) is 11.0 Å². The van der Waals surface area contributed by atoms with E-state index < -0.39 is 10.0 Å². The predicted molar refractivity (Wildman–Crippen MR) is 115 cm³/mol. The molecule has 0 aliphatic carbocycles. The van der Waals surface area contributed by atoms with Gasteiger partial charge >= 0.3 is 5.63 Å². The molecule has 4 rings (SSSR count). The number of aryl methyl sites for hydroxylation is 2. The van der Waals surface area contributed by atoms with Crippen LogP contribution in [0.2, 0.25) is 4.34 Å². The maximum absolute atomic E-state index is 12.8. The first-order valence-corrected chi connectivity index (χ1v) is 11.9. The molecule has 154 valence electrons. The normalized spacial score (nSPS) is 16.5. The van der Waals surface area contributed by atoms with Crippen LogP contribution < -0.4 is 5.63 Å². The average molecular weight is 453 g/mol. The fourth-order valence-electron chi connectivity index (χ4n) is 3.55. The molecule has 1 saturated heterocycles. The second-order valence-electron chi connectivity index (χ2n) is 7.26. The third kappa shape index (κ3) is 4.13. The van der Waals surface area contributed by atoms with Crippen molar-refractivity contribution in [2.45, 2.75) is 24.6 Å². The molecule has 3 heterocycles. The number of rotatable bonds is 4. The van der Waals surface area contributed by atoms with Gasteiger partial charge in [0.2, 0.25) is 0 Å². The van der Waals surface area contributed by atoms with E-state index in [1.165, 1.54) is 10.4 Å². The van der Waals surface area contributed by atoms with Gasteiger partial charge < -0.3 is 4.42 Å². The maximum Gasteiger partial charge on any atom is 0.336 e. The van der Waals surface area contributed by atoms with Crippen molar-refractivity contribution in [2.24, 2.45) is 0 Å². The molecule has 29 heavy (non-hydrogen) atoms. The molecule has 0 radical (unpaired) electrons. The van der Waals surface area contributed by atoms with Crippen LogP contribution in [0.5, 0.6) is 0 Å². The summed E-state index contributed by atoms with van der Waals surface area (Å²) >= 11 is 6.97. The molecule has 1 fully saturated rings. The third-order valence-corrected chi connectivity index (χ3v) is 8.91. The van der Waals surface area contributed by atoms with E-state index >= 15 is 0 Å². The predicted octanol–water partition coefficient (Wildman–Crippen LogP) is 3.63. The van der Waals surface area contributed by atoms with Crippen LogP contribution >= 0.6 is 22.9 Å². The monoisotopic (exact) mass is 452 g/mol. The summed E-state index contributed by atoms with van der Waals surface area (Å²) in [6, 6.07) is 8.63. The minimum atomic E-state index is -3.51. The number of benzene rings is 1. The van der Waals surface area contributed by atoms with E-state index in [9.17, 15) is 13.2 Å². The van der Waals surface area contributed by atoms with Gasteiger partial charge in [0.15, 0.2) is 0 Å². The van der Waals surface area contributed by atoms with Crippen molar-refractivity contribution in [2.75, 3.05) is 26.2 Å². The van der Waals surface area contributed by atoms with Crippen molar-refractivity contribution in [3.63, 3.8) is 0 Å². The molecular weight excluding hydrogens is 432 g/mol. The number of nitrogens with zero attached hydrogens (tertiary/aromatic N) is 2. The summed E-state index contributed by atoms with van der Waals surface area (Å²) in [5, 5.41) is 0.927. The number of sulfonamides is 1. The lowest BCUT2D eigenvalue weighted by Crippen LogP contribution is -2.48. The molecule has 6 nitrogen and oxygen atoms in total. The Morgan fingerprint density at radius 3 is 2.41 bits per heavy atom. The molecule has 9 heteroatoms. The standard InChI is InChI=1S/C20H21ClN2O4S2/c1-13-9-16-15(11-19(24)27-17(16)10-14(13)2)12-22-5-7-23(8-6-22)29(25,26)20-4-3-18(21)28-20/h3-4,9-11H,5-8,12H2,1-2H3. The number of piperazine rings is 1. The minimum Gasteiger partial charge on any atom is -0.423 e. The van der Waals surface area contributed by atoms with E-state index in [-0.39, 0.29) is 9.83 Å². The summed E-state index contributed by atoms with van der Waals surface area (Å²) < 4.78 is 33.1. The number of fused-ring (bicyclic) bond motifs is 1. The fraction of sp³-hybridized carbons (Fsp3) is 0.350. The van der Waals surface area contributed by atoms with Gasteiger partial charge in [-0.1, -0.05) is 11.6 Å². The molecule has 1 aliphatic heterocycles. The third-order valence-electron chi connectivity index (χ3n) is 5.31. The summed E-state index contributed by atoms with van der Waals surface area (Å²) in [7, 11) is -3.51. The van der Waals surface area contributed by atoms with Gasteiger partial charge in [-0.15, -0.1) is 11.3 Å². The first-order chi connectivity index (χ1) is 13.7. The first kappa shape index (κ1) is 20.6. The lowest BCUT2D eigenvalue weighted by atomic mass is 10.0. The second kappa shape index (κ2) is 7.85. The van der Waals surface area contributed by atoms with Crippen molar-refractivity contribution in [3.05, 3.63) is 61.8 Å². The highest BCUT2D eigenvalue weighted by atomic mass is 35.5. The summed E-state index contributed by atoms with van der Waals surface area (Å²) in [5.41, 5.74) is 3.34. The number of thiophene rings is 1. The molecule has 0 atom stereocenters. The van der Waals surface area contributed by atoms with Gasteiger partial charge in [0.1, 0.15) is 9.79 Å². The lowest BCUT2D eigenvalue weighted by molar-refractivity contribution is 0.182. The molecule has 3 aromatic rings. The van der Waals surface area contributed by atoms with E-state index in [4.69, 9.17) is 16.0 Å². The van der Waals surface area contributed by atoms with Crippen LogP contribution in [0.1, 0.15) is 16.7 Å². The number of hydrogen-bond donors (Lipinski definition) is 0. The zero-order valence-electron chi connectivity index (χ0n) is 16.1. The highest BCUT2D eigenvalue weighted by molar-refractivity contribution is 7.91.